The number of rotatable bonds is 3. The molecule has 2 N–H and O–H groups in total. The first-order valence-electron chi connectivity index (χ1n) is 5.96. The van der Waals surface area contributed by atoms with Crippen LogP contribution in [0.5, 0.6) is 11.5 Å². The molecule has 0 saturated heterocycles. The number of ether oxygens (including phenoxy) is 1. The summed E-state index contributed by atoms with van der Waals surface area (Å²) in [5.74, 6) is 0.427. The van der Waals surface area contributed by atoms with Crippen LogP contribution in [0.15, 0.2) is 40.9 Å². The molecule has 0 heterocycles. The Morgan fingerprint density at radius 1 is 1.25 bits per heavy atom. The van der Waals surface area contributed by atoms with Gasteiger partial charge in [0.1, 0.15) is 11.5 Å². The molecule has 0 aliphatic heterocycles. The Hall–Kier alpha value is -2.01. The fourth-order valence-electron chi connectivity index (χ4n) is 1.78. The van der Waals surface area contributed by atoms with Gasteiger partial charge in [-0.3, -0.25) is 4.79 Å². The van der Waals surface area contributed by atoms with E-state index in [0.717, 1.165) is 4.47 Å². The molecule has 0 bridgehead atoms. The van der Waals surface area contributed by atoms with Crippen LogP contribution >= 0.6 is 15.9 Å². The number of phenolic OH excluding ortho intramolecular Hbond substituents is 1. The van der Waals surface area contributed by atoms with Gasteiger partial charge in [-0.05, 0) is 48.9 Å². The number of hydrogen-bond acceptors (Lipinski definition) is 3. The first kappa shape index (κ1) is 14.4. The Balaban J connectivity index is 2.25. The smallest absolute Gasteiger partial charge is 0.259 e. The van der Waals surface area contributed by atoms with E-state index in [4.69, 9.17) is 4.74 Å². The van der Waals surface area contributed by atoms with Gasteiger partial charge in [0.2, 0.25) is 0 Å². The largest absolute Gasteiger partial charge is 0.508 e. The first-order chi connectivity index (χ1) is 9.51. The van der Waals surface area contributed by atoms with Crippen LogP contribution in [-0.4, -0.2) is 18.1 Å². The molecule has 20 heavy (non-hydrogen) atoms. The molecule has 0 aliphatic carbocycles. The molecular weight excluding hydrogens is 322 g/mol. The van der Waals surface area contributed by atoms with Crippen LogP contribution in [0.3, 0.4) is 0 Å². The summed E-state index contributed by atoms with van der Waals surface area (Å²) in [5, 5.41) is 12.2. The van der Waals surface area contributed by atoms with Gasteiger partial charge in [-0.15, -0.1) is 0 Å². The van der Waals surface area contributed by atoms with Gasteiger partial charge < -0.3 is 15.2 Å². The van der Waals surface area contributed by atoms with E-state index in [0.29, 0.717) is 22.6 Å². The first-order valence-corrected chi connectivity index (χ1v) is 6.75. The highest BCUT2D eigenvalue weighted by molar-refractivity contribution is 9.10. The number of amides is 1. The molecule has 0 radical (unpaired) electrons. The van der Waals surface area contributed by atoms with Crippen LogP contribution in [0.2, 0.25) is 0 Å². The summed E-state index contributed by atoms with van der Waals surface area (Å²) in [5.41, 5.74) is 1.77. The third-order valence-electron chi connectivity index (χ3n) is 2.86. The Morgan fingerprint density at radius 3 is 2.65 bits per heavy atom. The van der Waals surface area contributed by atoms with Crippen molar-refractivity contribution in [3.8, 4) is 11.5 Å². The predicted molar refractivity (Wildman–Crippen MR) is 81.5 cm³/mol. The third kappa shape index (κ3) is 3.11. The fraction of sp³-hybridized carbons (Fsp3) is 0.133. The quantitative estimate of drug-likeness (QED) is 0.840. The molecule has 5 heteroatoms. The lowest BCUT2D eigenvalue weighted by molar-refractivity contribution is 0.102. The normalized spacial score (nSPS) is 10.2. The molecule has 2 aromatic rings. The van der Waals surface area contributed by atoms with E-state index in [9.17, 15) is 9.90 Å². The zero-order chi connectivity index (χ0) is 14.7. The lowest BCUT2D eigenvalue weighted by Crippen LogP contribution is -2.13. The van der Waals surface area contributed by atoms with Crippen molar-refractivity contribution in [2.45, 2.75) is 6.92 Å². The summed E-state index contributed by atoms with van der Waals surface area (Å²) in [6, 6.07) is 10.1. The number of aryl methyl sites for hydroxylation is 1. The number of phenols is 1. The van der Waals surface area contributed by atoms with Gasteiger partial charge in [-0.1, -0.05) is 15.9 Å². The zero-order valence-corrected chi connectivity index (χ0v) is 12.7. The molecule has 0 saturated carbocycles. The predicted octanol–water partition coefficient (Wildman–Crippen LogP) is 3.72. The van der Waals surface area contributed by atoms with Gasteiger partial charge >= 0.3 is 0 Å². The minimum atomic E-state index is -0.264. The molecule has 0 atom stereocenters. The number of aromatic hydroxyl groups is 1. The van der Waals surface area contributed by atoms with Crippen LogP contribution in [0.4, 0.5) is 5.69 Å². The molecule has 2 rings (SSSR count). The Bertz CT molecular complexity index is 656. The second kappa shape index (κ2) is 5.96. The van der Waals surface area contributed by atoms with E-state index in [2.05, 4.69) is 21.2 Å². The van der Waals surface area contributed by atoms with Crippen molar-refractivity contribution >= 4 is 27.5 Å². The van der Waals surface area contributed by atoms with Gasteiger partial charge in [-0.25, -0.2) is 0 Å². The van der Waals surface area contributed by atoms with Crippen LogP contribution in [0, 0.1) is 6.92 Å². The second-order valence-electron chi connectivity index (χ2n) is 4.30. The number of methoxy groups -OCH3 is 1. The summed E-state index contributed by atoms with van der Waals surface area (Å²) in [7, 11) is 1.52. The summed E-state index contributed by atoms with van der Waals surface area (Å²) in [6.07, 6.45) is 0. The van der Waals surface area contributed by atoms with Crippen molar-refractivity contribution in [3.63, 3.8) is 0 Å². The molecule has 2 aromatic carbocycles. The number of carbonyl (C=O) groups is 1. The molecule has 104 valence electrons. The molecule has 0 fully saturated rings. The third-order valence-corrected chi connectivity index (χ3v) is 3.36. The van der Waals surface area contributed by atoms with Crippen molar-refractivity contribution < 1.29 is 14.6 Å². The Kier molecular flexibility index (Phi) is 4.29. The number of benzene rings is 2. The van der Waals surface area contributed by atoms with Crippen molar-refractivity contribution in [3.05, 3.63) is 52.0 Å². The molecule has 0 aliphatic rings. The number of nitrogens with one attached hydrogen (secondary N) is 1. The highest BCUT2D eigenvalue weighted by Crippen LogP contribution is 2.25. The van der Waals surface area contributed by atoms with Crippen molar-refractivity contribution in [1.29, 1.82) is 0 Å². The van der Waals surface area contributed by atoms with Gasteiger partial charge in [0, 0.05) is 10.2 Å². The van der Waals surface area contributed by atoms with Crippen molar-refractivity contribution in [2.75, 3.05) is 12.4 Å². The average Bonchev–Trinajstić information content (AvgIpc) is 2.42. The van der Waals surface area contributed by atoms with Gasteiger partial charge in [0.25, 0.3) is 5.91 Å². The molecular formula is C15H14BrNO3. The maximum Gasteiger partial charge on any atom is 0.259 e. The van der Waals surface area contributed by atoms with E-state index in [1.54, 1.807) is 43.3 Å². The van der Waals surface area contributed by atoms with E-state index in [-0.39, 0.29) is 11.7 Å². The second-order valence-corrected chi connectivity index (χ2v) is 5.22. The van der Waals surface area contributed by atoms with Crippen molar-refractivity contribution in [1.82, 2.24) is 0 Å². The van der Waals surface area contributed by atoms with E-state index >= 15 is 0 Å². The van der Waals surface area contributed by atoms with E-state index in [1.807, 2.05) is 0 Å². The lowest BCUT2D eigenvalue weighted by atomic mass is 10.1. The minimum Gasteiger partial charge on any atom is -0.508 e. The summed E-state index contributed by atoms with van der Waals surface area (Å²) >= 11 is 3.33. The van der Waals surface area contributed by atoms with Gasteiger partial charge in [0.15, 0.2) is 0 Å². The zero-order valence-electron chi connectivity index (χ0n) is 11.1. The molecule has 0 unspecified atom stereocenters. The number of hydrogen-bond donors (Lipinski definition) is 2. The summed E-state index contributed by atoms with van der Waals surface area (Å²) in [4.78, 5) is 12.2. The molecule has 1 amide bonds. The maximum atomic E-state index is 12.2. The number of halogens is 1. The molecule has 0 spiro atoms. The Morgan fingerprint density at radius 2 is 2.00 bits per heavy atom. The highest BCUT2D eigenvalue weighted by Gasteiger charge is 2.13. The van der Waals surface area contributed by atoms with E-state index in [1.165, 1.54) is 7.11 Å². The SMILES string of the molecule is COc1cc(Br)ccc1C(=O)Nc1ccc(O)c(C)c1. The molecule has 0 aromatic heterocycles. The number of anilines is 1. The maximum absolute atomic E-state index is 12.2. The molecule has 4 nitrogen and oxygen atoms in total. The van der Waals surface area contributed by atoms with Crippen LogP contribution < -0.4 is 10.1 Å². The van der Waals surface area contributed by atoms with Crippen LogP contribution in [0.25, 0.3) is 0 Å². The van der Waals surface area contributed by atoms with Crippen molar-refractivity contribution in [2.24, 2.45) is 0 Å². The summed E-state index contributed by atoms with van der Waals surface area (Å²) in [6.45, 7) is 1.77. The van der Waals surface area contributed by atoms with Crippen LogP contribution in [-0.2, 0) is 0 Å². The van der Waals surface area contributed by atoms with Gasteiger partial charge in [-0.2, -0.15) is 0 Å². The summed E-state index contributed by atoms with van der Waals surface area (Å²) < 4.78 is 6.04. The number of carbonyl (C=O) groups excluding carboxylic acids is 1. The standard InChI is InChI=1S/C15H14BrNO3/c1-9-7-11(4-6-13(9)18)17-15(19)12-5-3-10(16)8-14(12)20-2/h3-8,18H,1-2H3,(H,17,19). The van der Waals surface area contributed by atoms with E-state index < -0.39 is 0 Å². The fourth-order valence-corrected chi connectivity index (χ4v) is 2.12. The average molecular weight is 336 g/mol. The van der Waals surface area contributed by atoms with Gasteiger partial charge in [0.05, 0.1) is 12.7 Å². The van der Waals surface area contributed by atoms with Crippen LogP contribution in [0.1, 0.15) is 15.9 Å². The monoisotopic (exact) mass is 335 g/mol. The minimum absolute atomic E-state index is 0.198. The lowest BCUT2D eigenvalue weighted by Gasteiger charge is -2.10. The topological polar surface area (TPSA) is 58.6 Å². The Labute approximate surface area is 125 Å². The highest BCUT2D eigenvalue weighted by atomic mass is 79.9.